The average Bonchev–Trinajstić information content (AvgIpc) is 3.01. The fraction of sp³-hybridized carbons (Fsp3) is 0.0556. The van der Waals surface area contributed by atoms with E-state index in [1.165, 1.54) is 0 Å². The van der Waals surface area contributed by atoms with Crippen LogP contribution in [0.4, 0.5) is 0 Å². The molecule has 0 radical (unpaired) electrons. The maximum Gasteiger partial charge on any atom is 0.287 e. The molecule has 2 aromatic carbocycles. The van der Waals surface area contributed by atoms with E-state index in [-0.39, 0.29) is 17.7 Å². The molecular weight excluding hydrogens is 358 g/mol. The fourth-order valence-corrected chi connectivity index (χ4v) is 3.01. The van der Waals surface area contributed by atoms with Crippen LogP contribution < -0.4 is 10.1 Å². The van der Waals surface area contributed by atoms with Crippen LogP contribution in [-0.2, 0) is 0 Å². The van der Waals surface area contributed by atoms with Crippen molar-refractivity contribution in [2.45, 2.75) is 6.04 Å². The average molecular weight is 370 g/mol. The standard InChI is InChI=1S/C18H12BrNO3/c19-16-10-9-15(23-16)18(21)20-17-11-5-1-3-7-13(11)22-14-8-4-2-6-12(14)17/h1-10,17H,(H,20,21). The second kappa shape index (κ2) is 5.59. The number of rotatable bonds is 2. The Hall–Kier alpha value is -2.53. The van der Waals surface area contributed by atoms with Crippen molar-refractivity contribution in [1.82, 2.24) is 5.32 Å². The van der Waals surface area contributed by atoms with Gasteiger partial charge in [0.05, 0.1) is 6.04 Å². The van der Waals surface area contributed by atoms with Gasteiger partial charge in [0, 0.05) is 11.1 Å². The van der Waals surface area contributed by atoms with Gasteiger partial charge in [0.25, 0.3) is 5.91 Å². The number of hydrogen-bond donors (Lipinski definition) is 1. The van der Waals surface area contributed by atoms with Crippen molar-refractivity contribution in [3.63, 3.8) is 0 Å². The van der Waals surface area contributed by atoms with Gasteiger partial charge in [-0.2, -0.15) is 0 Å². The monoisotopic (exact) mass is 369 g/mol. The molecule has 23 heavy (non-hydrogen) atoms. The summed E-state index contributed by atoms with van der Waals surface area (Å²) in [5, 5.41) is 3.03. The van der Waals surface area contributed by atoms with E-state index in [1.807, 2.05) is 48.5 Å². The molecule has 1 aliphatic rings. The summed E-state index contributed by atoms with van der Waals surface area (Å²) in [6, 6.07) is 18.4. The number of benzene rings is 2. The molecule has 2 heterocycles. The zero-order valence-corrected chi connectivity index (χ0v) is 13.5. The predicted molar refractivity (Wildman–Crippen MR) is 88.7 cm³/mol. The van der Waals surface area contributed by atoms with Crippen LogP contribution in [0, 0.1) is 0 Å². The molecule has 1 amide bonds. The molecule has 0 spiro atoms. The van der Waals surface area contributed by atoms with Crippen LogP contribution in [0.15, 0.2) is 69.8 Å². The van der Waals surface area contributed by atoms with Crippen LogP contribution >= 0.6 is 15.9 Å². The molecule has 0 atom stereocenters. The third-order valence-electron chi connectivity index (χ3n) is 3.75. The molecule has 0 saturated carbocycles. The largest absolute Gasteiger partial charge is 0.457 e. The Morgan fingerprint density at radius 1 is 0.913 bits per heavy atom. The quantitative estimate of drug-likeness (QED) is 0.714. The highest BCUT2D eigenvalue weighted by Crippen LogP contribution is 2.42. The molecule has 3 aromatic rings. The normalized spacial score (nSPS) is 12.9. The van der Waals surface area contributed by atoms with Crippen LogP contribution in [0.1, 0.15) is 27.7 Å². The summed E-state index contributed by atoms with van der Waals surface area (Å²) in [6.45, 7) is 0. The zero-order chi connectivity index (χ0) is 15.8. The highest BCUT2D eigenvalue weighted by atomic mass is 79.9. The van der Waals surface area contributed by atoms with E-state index in [0.717, 1.165) is 22.6 Å². The maximum atomic E-state index is 12.5. The fourth-order valence-electron chi connectivity index (χ4n) is 2.70. The number of amides is 1. The minimum atomic E-state index is -0.285. The van der Waals surface area contributed by atoms with Crippen molar-refractivity contribution < 1.29 is 13.9 Å². The van der Waals surface area contributed by atoms with Gasteiger partial charge >= 0.3 is 0 Å². The first-order valence-electron chi connectivity index (χ1n) is 7.14. The Balaban J connectivity index is 1.74. The lowest BCUT2D eigenvalue weighted by Gasteiger charge is -2.28. The van der Waals surface area contributed by atoms with E-state index in [2.05, 4.69) is 21.2 Å². The van der Waals surface area contributed by atoms with Gasteiger partial charge in [0.15, 0.2) is 10.4 Å². The molecule has 0 unspecified atom stereocenters. The number of ether oxygens (including phenoxy) is 1. The Bertz CT molecular complexity index is 842. The van der Waals surface area contributed by atoms with Gasteiger partial charge in [0.1, 0.15) is 11.5 Å². The molecule has 4 nitrogen and oxygen atoms in total. The van der Waals surface area contributed by atoms with Gasteiger partial charge in [-0.25, -0.2) is 0 Å². The molecule has 114 valence electrons. The Labute approximate surface area is 141 Å². The first-order chi connectivity index (χ1) is 11.2. The van der Waals surface area contributed by atoms with Crippen LogP contribution in [0.2, 0.25) is 0 Å². The Kier molecular flexibility index (Phi) is 3.42. The van der Waals surface area contributed by atoms with Crippen molar-refractivity contribution in [3.05, 3.63) is 82.2 Å². The molecule has 5 heteroatoms. The predicted octanol–water partition coefficient (Wildman–Crippen LogP) is 4.67. The third-order valence-corrected chi connectivity index (χ3v) is 4.18. The number of para-hydroxylation sites is 2. The van der Waals surface area contributed by atoms with Crippen molar-refractivity contribution >= 4 is 21.8 Å². The van der Waals surface area contributed by atoms with E-state index in [0.29, 0.717) is 4.67 Å². The van der Waals surface area contributed by atoms with Gasteiger partial charge in [-0.05, 0) is 40.2 Å². The van der Waals surface area contributed by atoms with Crippen LogP contribution in [-0.4, -0.2) is 5.91 Å². The van der Waals surface area contributed by atoms with Gasteiger partial charge in [-0.1, -0.05) is 36.4 Å². The summed E-state index contributed by atoms with van der Waals surface area (Å²) in [7, 11) is 0. The van der Waals surface area contributed by atoms with Crippen molar-refractivity contribution in [3.8, 4) is 11.5 Å². The Morgan fingerprint density at radius 3 is 2.09 bits per heavy atom. The summed E-state index contributed by atoms with van der Waals surface area (Å²) in [6.07, 6.45) is 0. The number of carbonyl (C=O) groups is 1. The van der Waals surface area contributed by atoms with Gasteiger partial charge in [-0.15, -0.1) is 0 Å². The second-order valence-corrected chi connectivity index (χ2v) is 5.97. The number of halogens is 1. The minimum absolute atomic E-state index is 0.262. The lowest BCUT2D eigenvalue weighted by atomic mass is 9.94. The summed E-state index contributed by atoms with van der Waals surface area (Å²) in [5.41, 5.74) is 1.84. The van der Waals surface area contributed by atoms with E-state index in [9.17, 15) is 4.79 Å². The lowest BCUT2D eigenvalue weighted by molar-refractivity contribution is 0.0912. The topological polar surface area (TPSA) is 51.5 Å². The molecular formula is C18H12BrNO3. The van der Waals surface area contributed by atoms with Crippen LogP contribution in [0.3, 0.4) is 0 Å². The van der Waals surface area contributed by atoms with Gasteiger partial charge in [-0.3, -0.25) is 4.79 Å². The maximum absolute atomic E-state index is 12.5. The van der Waals surface area contributed by atoms with E-state index in [4.69, 9.17) is 9.15 Å². The smallest absolute Gasteiger partial charge is 0.287 e. The summed E-state index contributed by atoms with van der Waals surface area (Å²) < 4.78 is 11.8. The molecule has 0 bridgehead atoms. The third kappa shape index (κ3) is 2.53. The first-order valence-corrected chi connectivity index (χ1v) is 7.93. The van der Waals surface area contributed by atoms with Crippen molar-refractivity contribution in [2.75, 3.05) is 0 Å². The molecule has 0 fully saturated rings. The molecule has 1 N–H and O–H groups in total. The lowest BCUT2D eigenvalue weighted by Crippen LogP contribution is -2.31. The number of fused-ring (bicyclic) bond motifs is 2. The van der Waals surface area contributed by atoms with Gasteiger partial charge in [0.2, 0.25) is 0 Å². The van der Waals surface area contributed by atoms with E-state index < -0.39 is 0 Å². The molecule has 1 aliphatic heterocycles. The first kappa shape index (κ1) is 14.1. The van der Waals surface area contributed by atoms with Crippen molar-refractivity contribution in [1.29, 1.82) is 0 Å². The zero-order valence-electron chi connectivity index (χ0n) is 12.0. The van der Waals surface area contributed by atoms with E-state index in [1.54, 1.807) is 12.1 Å². The molecule has 0 aliphatic carbocycles. The molecule has 0 saturated heterocycles. The Morgan fingerprint density at radius 2 is 1.52 bits per heavy atom. The minimum Gasteiger partial charge on any atom is -0.457 e. The molecule has 1 aromatic heterocycles. The van der Waals surface area contributed by atoms with Gasteiger partial charge < -0.3 is 14.5 Å². The highest BCUT2D eigenvalue weighted by Gasteiger charge is 2.28. The second-order valence-electron chi connectivity index (χ2n) is 5.19. The summed E-state index contributed by atoms with van der Waals surface area (Å²) in [5.74, 6) is 1.49. The number of hydrogen-bond acceptors (Lipinski definition) is 3. The number of furan rings is 1. The van der Waals surface area contributed by atoms with Crippen LogP contribution in [0.25, 0.3) is 0 Å². The van der Waals surface area contributed by atoms with Crippen molar-refractivity contribution in [2.24, 2.45) is 0 Å². The summed E-state index contributed by atoms with van der Waals surface area (Å²) >= 11 is 3.21. The molecule has 4 rings (SSSR count). The van der Waals surface area contributed by atoms with Crippen LogP contribution in [0.5, 0.6) is 11.5 Å². The SMILES string of the molecule is O=C(NC1c2ccccc2Oc2ccccc21)c1ccc(Br)o1. The van der Waals surface area contributed by atoms with E-state index >= 15 is 0 Å². The number of nitrogens with one attached hydrogen (secondary N) is 1. The summed E-state index contributed by atoms with van der Waals surface area (Å²) in [4.78, 5) is 12.5. The number of carbonyl (C=O) groups excluding carboxylic acids is 1. The highest BCUT2D eigenvalue weighted by molar-refractivity contribution is 9.10.